The molecule has 1 fully saturated rings. The second-order valence-electron chi connectivity index (χ2n) is 8.36. The fourth-order valence-electron chi connectivity index (χ4n) is 4.04. The number of fused-ring (bicyclic) bond motifs is 1. The summed E-state index contributed by atoms with van der Waals surface area (Å²) in [5.41, 5.74) is 2.99. The summed E-state index contributed by atoms with van der Waals surface area (Å²) in [4.78, 5) is 12.2. The number of nitrogens with one attached hydrogen (secondary N) is 2. The molecule has 0 saturated carbocycles. The molecule has 0 aromatic heterocycles. The third-order valence-electron chi connectivity index (χ3n) is 5.50. The standard InChI is InChI=1S/C20H30N2O3S/c1-5-25-18(23)14-6-7-15-13-20(8-10-21-11-9-20)17(16(15)12-14)22-26(24)19(2,3)4/h6-7,12,17,21-22H,5,8-11,13H2,1-4H3/t17?,26-/m1/s1. The molecule has 1 aromatic carbocycles. The Labute approximate surface area is 158 Å². The van der Waals surface area contributed by atoms with Crippen LogP contribution in [0.1, 0.15) is 68.1 Å². The van der Waals surface area contributed by atoms with Gasteiger partial charge in [-0.05, 0) is 88.7 Å². The summed E-state index contributed by atoms with van der Waals surface area (Å²) in [6, 6.07) is 5.85. The van der Waals surface area contributed by atoms with E-state index in [0.29, 0.717) is 12.2 Å². The van der Waals surface area contributed by atoms with E-state index in [1.807, 2.05) is 45.9 Å². The maximum atomic E-state index is 12.9. The Morgan fingerprint density at radius 3 is 2.65 bits per heavy atom. The zero-order valence-electron chi connectivity index (χ0n) is 16.2. The summed E-state index contributed by atoms with van der Waals surface area (Å²) in [7, 11) is -1.17. The fourth-order valence-corrected chi connectivity index (χ4v) is 4.98. The summed E-state index contributed by atoms with van der Waals surface area (Å²) in [5, 5.41) is 3.44. The average Bonchev–Trinajstić information content (AvgIpc) is 2.87. The predicted octanol–water partition coefficient (Wildman–Crippen LogP) is 2.88. The van der Waals surface area contributed by atoms with Crippen molar-refractivity contribution in [3.8, 4) is 0 Å². The lowest BCUT2D eigenvalue weighted by Crippen LogP contribution is -2.46. The van der Waals surface area contributed by atoms with Crippen LogP contribution in [0.4, 0.5) is 0 Å². The lowest BCUT2D eigenvalue weighted by atomic mass is 9.73. The number of hydrogen-bond acceptors (Lipinski definition) is 4. The van der Waals surface area contributed by atoms with Crippen molar-refractivity contribution in [3.63, 3.8) is 0 Å². The first kappa shape index (κ1) is 19.5. The summed E-state index contributed by atoms with van der Waals surface area (Å²) in [6.45, 7) is 10.1. The molecule has 3 rings (SSSR count). The zero-order chi connectivity index (χ0) is 18.9. The number of piperidine rings is 1. The molecule has 1 unspecified atom stereocenters. The highest BCUT2D eigenvalue weighted by Gasteiger charge is 2.48. The predicted molar refractivity (Wildman–Crippen MR) is 104 cm³/mol. The third-order valence-corrected chi connectivity index (χ3v) is 7.07. The summed E-state index contributed by atoms with van der Waals surface area (Å²) >= 11 is 0. The lowest BCUT2D eigenvalue weighted by Gasteiger charge is -2.40. The average molecular weight is 379 g/mol. The molecule has 1 aromatic rings. The molecule has 1 aliphatic heterocycles. The van der Waals surface area contributed by atoms with E-state index < -0.39 is 11.0 Å². The number of hydrogen-bond donors (Lipinski definition) is 2. The minimum absolute atomic E-state index is 0.00552. The van der Waals surface area contributed by atoms with Crippen molar-refractivity contribution in [1.29, 1.82) is 0 Å². The molecule has 5 nitrogen and oxygen atoms in total. The van der Waals surface area contributed by atoms with Gasteiger partial charge in [-0.1, -0.05) is 6.07 Å². The van der Waals surface area contributed by atoms with E-state index in [4.69, 9.17) is 4.74 Å². The summed E-state index contributed by atoms with van der Waals surface area (Å²) in [6.07, 6.45) is 3.04. The molecule has 0 radical (unpaired) electrons. The van der Waals surface area contributed by atoms with Gasteiger partial charge in [0.1, 0.15) is 0 Å². The number of benzene rings is 1. The Balaban J connectivity index is 1.98. The molecule has 6 heteroatoms. The van der Waals surface area contributed by atoms with Crippen molar-refractivity contribution in [2.45, 2.75) is 57.7 Å². The smallest absolute Gasteiger partial charge is 0.338 e. The highest BCUT2D eigenvalue weighted by molar-refractivity contribution is 7.84. The van der Waals surface area contributed by atoms with Gasteiger partial charge >= 0.3 is 5.97 Å². The van der Waals surface area contributed by atoms with Crippen LogP contribution in [0.5, 0.6) is 0 Å². The first-order chi connectivity index (χ1) is 12.3. The van der Waals surface area contributed by atoms with Crippen molar-refractivity contribution in [2.75, 3.05) is 19.7 Å². The number of esters is 1. The Bertz CT molecular complexity index is 705. The molecule has 2 N–H and O–H groups in total. The topological polar surface area (TPSA) is 67.4 Å². The van der Waals surface area contributed by atoms with Crippen LogP contribution in [0.3, 0.4) is 0 Å². The van der Waals surface area contributed by atoms with Gasteiger partial charge in [0.05, 0.1) is 33.9 Å². The summed E-state index contributed by atoms with van der Waals surface area (Å²) in [5.74, 6) is -0.294. The molecule has 26 heavy (non-hydrogen) atoms. The van der Waals surface area contributed by atoms with E-state index in [0.717, 1.165) is 37.9 Å². The van der Waals surface area contributed by atoms with Crippen LogP contribution < -0.4 is 10.0 Å². The van der Waals surface area contributed by atoms with Gasteiger partial charge in [-0.2, -0.15) is 0 Å². The second kappa shape index (κ2) is 7.41. The van der Waals surface area contributed by atoms with Gasteiger partial charge in [0.15, 0.2) is 0 Å². The SMILES string of the molecule is CCOC(=O)c1ccc2c(c1)C(N[S@](=O)C(C)(C)C)C1(CCNCC1)C2. The Kier molecular flexibility index (Phi) is 5.56. The highest BCUT2D eigenvalue weighted by Crippen LogP contribution is 2.51. The quantitative estimate of drug-likeness (QED) is 0.791. The maximum absolute atomic E-state index is 12.9. The van der Waals surface area contributed by atoms with Crippen LogP contribution in [0.25, 0.3) is 0 Å². The lowest BCUT2D eigenvalue weighted by molar-refractivity contribution is 0.0526. The van der Waals surface area contributed by atoms with Gasteiger partial charge in [0, 0.05) is 0 Å². The van der Waals surface area contributed by atoms with E-state index in [1.165, 1.54) is 5.56 Å². The molecule has 1 aliphatic carbocycles. The number of rotatable bonds is 4. The Morgan fingerprint density at radius 1 is 1.35 bits per heavy atom. The van der Waals surface area contributed by atoms with Crippen molar-refractivity contribution in [2.24, 2.45) is 5.41 Å². The molecule has 1 saturated heterocycles. The van der Waals surface area contributed by atoms with Crippen molar-refractivity contribution in [1.82, 2.24) is 10.0 Å². The second-order valence-corrected chi connectivity index (χ2v) is 10.4. The summed E-state index contributed by atoms with van der Waals surface area (Å²) < 4.78 is 21.1. The van der Waals surface area contributed by atoms with E-state index in [1.54, 1.807) is 0 Å². The van der Waals surface area contributed by atoms with Gasteiger partial charge in [-0.15, -0.1) is 0 Å². The number of ether oxygens (including phenoxy) is 1. The molecule has 1 spiro atoms. The zero-order valence-corrected chi connectivity index (χ0v) is 17.0. The molecular weight excluding hydrogens is 348 g/mol. The van der Waals surface area contributed by atoms with E-state index in [2.05, 4.69) is 10.0 Å². The monoisotopic (exact) mass is 378 g/mol. The van der Waals surface area contributed by atoms with Crippen LogP contribution >= 0.6 is 0 Å². The van der Waals surface area contributed by atoms with Gasteiger partial charge in [0.2, 0.25) is 0 Å². The number of carbonyl (C=O) groups is 1. The van der Waals surface area contributed by atoms with E-state index >= 15 is 0 Å². The minimum atomic E-state index is -1.17. The molecular formula is C20H30N2O3S. The van der Waals surface area contributed by atoms with Crippen LogP contribution in [-0.4, -0.2) is 34.6 Å². The minimum Gasteiger partial charge on any atom is -0.462 e. The molecule has 2 aliphatic rings. The van der Waals surface area contributed by atoms with Gasteiger partial charge in [-0.25, -0.2) is 13.7 Å². The molecule has 1 heterocycles. The van der Waals surface area contributed by atoms with Crippen LogP contribution in [0, 0.1) is 5.41 Å². The van der Waals surface area contributed by atoms with E-state index in [9.17, 15) is 9.00 Å². The third kappa shape index (κ3) is 3.73. The molecule has 0 bridgehead atoms. The van der Waals surface area contributed by atoms with Crippen molar-refractivity contribution in [3.05, 3.63) is 34.9 Å². The highest BCUT2D eigenvalue weighted by atomic mass is 32.2. The first-order valence-corrected chi connectivity index (χ1v) is 10.6. The van der Waals surface area contributed by atoms with Crippen LogP contribution in [0.15, 0.2) is 18.2 Å². The van der Waals surface area contributed by atoms with Crippen LogP contribution in [0.2, 0.25) is 0 Å². The molecule has 144 valence electrons. The Hall–Kier alpha value is -1.24. The van der Waals surface area contributed by atoms with Crippen LogP contribution in [-0.2, 0) is 22.1 Å². The van der Waals surface area contributed by atoms with Crippen molar-refractivity contribution < 1.29 is 13.7 Å². The first-order valence-electron chi connectivity index (χ1n) is 9.45. The largest absolute Gasteiger partial charge is 0.462 e. The molecule has 0 amide bonds. The van der Waals surface area contributed by atoms with E-state index in [-0.39, 0.29) is 22.2 Å². The Morgan fingerprint density at radius 2 is 2.04 bits per heavy atom. The number of carbonyl (C=O) groups excluding carboxylic acids is 1. The van der Waals surface area contributed by atoms with Gasteiger partial charge in [-0.3, -0.25) is 0 Å². The normalized spacial score (nSPS) is 22.8. The van der Waals surface area contributed by atoms with Crippen molar-refractivity contribution >= 4 is 17.0 Å². The fraction of sp³-hybridized carbons (Fsp3) is 0.650. The van der Waals surface area contributed by atoms with Gasteiger partial charge < -0.3 is 10.1 Å². The molecule has 2 atom stereocenters. The van der Waals surface area contributed by atoms with Gasteiger partial charge in [0.25, 0.3) is 0 Å². The maximum Gasteiger partial charge on any atom is 0.338 e.